The van der Waals surface area contributed by atoms with Crippen molar-refractivity contribution in [1.29, 1.82) is 0 Å². The number of carbonyl (C=O) groups excluding carboxylic acids is 2. The molecule has 0 unspecified atom stereocenters. The molecule has 0 bridgehead atoms. The number of fused-ring (bicyclic) bond motifs is 2. The molecule has 0 saturated carbocycles. The highest BCUT2D eigenvalue weighted by atomic mass is 16.4. The van der Waals surface area contributed by atoms with E-state index >= 15 is 0 Å². The number of hydrogen-bond acceptors (Lipinski definition) is 10. The molecule has 6 rings (SSSR count). The molecular formula is C27H30N10O4. The van der Waals surface area contributed by atoms with Crippen molar-refractivity contribution in [2.75, 3.05) is 50.7 Å². The zero-order valence-electron chi connectivity index (χ0n) is 22.2. The van der Waals surface area contributed by atoms with E-state index in [1.807, 2.05) is 41.3 Å². The third-order valence-corrected chi connectivity index (χ3v) is 6.99. The first-order valence-electron chi connectivity index (χ1n) is 13.0. The summed E-state index contributed by atoms with van der Waals surface area (Å²) in [5.74, 6) is 0.835. The minimum atomic E-state index is -1.06. The second-order valence-electron chi connectivity index (χ2n) is 9.73. The van der Waals surface area contributed by atoms with Crippen LogP contribution in [0.5, 0.6) is 0 Å². The molecule has 4 heterocycles. The van der Waals surface area contributed by atoms with Gasteiger partial charge in [-0.15, -0.1) is 0 Å². The number of nitrogens with two attached hydrogens (primary N) is 2. The number of amides is 3. The van der Waals surface area contributed by atoms with Gasteiger partial charge in [0.1, 0.15) is 30.8 Å². The lowest BCUT2D eigenvalue weighted by atomic mass is 10.1. The van der Waals surface area contributed by atoms with E-state index in [4.69, 9.17) is 16.6 Å². The molecule has 2 aliphatic rings. The van der Waals surface area contributed by atoms with Gasteiger partial charge in [-0.2, -0.15) is 0 Å². The third-order valence-electron chi connectivity index (χ3n) is 6.99. The van der Waals surface area contributed by atoms with Crippen LogP contribution in [0.2, 0.25) is 0 Å². The number of nitrogen functional groups attached to an aromatic ring is 2. The van der Waals surface area contributed by atoms with Gasteiger partial charge in [-0.1, -0.05) is 12.1 Å². The van der Waals surface area contributed by atoms with Crippen LogP contribution in [-0.2, 0) is 22.7 Å². The lowest BCUT2D eigenvalue weighted by Crippen LogP contribution is -2.51. The van der Waals surface area contributed by atoms with E-state index in [1.54, 1.807) is 4.90 Å². The Balaban J connectivity index is 0.000000166. The Morgan fingerprint density at radius 1 is 0.805 bits per heavy atom. The molecule has 0 radical (unpaired) electrons. The first-order chi connectivity index (χ1) is 19.8. The molecule has 212 valence electrons. The average molecular weight is 559 g/mol. The molecule has 0 atom stereocenters. The van der Waals surface area contributed by atoms with Crippen molar-refractivity contribution in [3.05, 3.63) is 60.2 Å². The van der Waals surface area contributed by atoms with E-state index in [2.05, 4.69) is 25.3 Å². The van der Waals surface area contributed by atoms with Crippen LogP contribution in [0.1, 0.15) is 11.1 Å². The van der Waals surface area contributed by atoms with E-state index in [-0.39, 0.29) is 18.4 Å². The van der Waals surface area contributed by atoms with Gasteiger partial charge in [0.05, 0.1) is 17.6 Å². The number of carboxylic acid groups (broad SMARTS) is 1. The standard InChI is InChI=1S/C14H15N5O3.C13H15N5O/c15-13-10-2-1-9(5-11(10)16-8-17-13)6-18-3-4-19(14(21)22)7-12(18)20;14-13-10-2-1-9(5-11(10)16-8-17-13)7-18-4-3-15-6-12(18)19/h1-2,5,8H,3-4,6-7H2,(H,21,22)(H2,15,16,17);1-2,5,8,15H,3-4,6-7H2,(H2,14,16,17). The molecule has 2 aliphatic heterocycles. The lowest BCUT2D eigenvalue weighted by molar-refractivity contribution is -0.136. The summed E-state index contributed by atoms with van der Waals surface area (Å²) < 4.78 is 0. The minimum Gasteiger partial charge on any atom is -0.465 e. The maximum absolute atomic E-state index is 12.0. The Morgan fingerprint density at radius 2 is 1.37 bits per heavy atom. The number of nitrogens with zero attached hydrogens (tertiary/aromatic N) is 7. The van der Waals surface area contributed by atoms with Crippen LogP contribution in [0.4, 0.5) is 16.4 Å². The van der Waals surface area contributed by atoms with E-state index < -0.39 is 6.09 Å². The maximum Gasteiger partial charge on any atom is 0.407 e. The van der Waals surface area contributed by atoms with Crippen molar-refractivity contribution in [3.8, 4) is 0 Å². The Hall–Kier alpha value is -5.11. The molecule has 2 aromatic carbocycles. The van der Waals surface area contributed by atoms with E-state index in [1.165, 1.54) is 12.7 Å². The fraction of sp³-hybridized carbons (Fsp3) is 0.296. The van der Waals surface area contributed by atoms with Gasteiger partial charge >= 0.3 is 6.09 Å². The molecule has 0 aliphatic carbocycles. The molecule has 14 heteroatoms. The molecule has 4 aromatic rings. The smallest absolute Gasteiger partial charge is 0.407 e. The fourth-order valence-electron chi connectivity index (χ4n) is 4.74. The van der Waals surface area contributed by atoms with Crippen LogP contribution in [0.3, 0.4) is 0 Å². The predicted molar refractivity (Wildman–Crippen MR) is 151 cm³/mol. The highest BCUT2D eigenvalue weighted by Crippen LogP contribution is 2.20. The lowest BCUT2D eigenvalue weighted by Gasteiger charge is -2.32. The summed E-state index contributed by atoms with van der Waals surface area (Å²) in [4.78, 5) is 55.5. The van der Waals surface area contributed by atoms with Crippen LogP contribution >= 0.6 is 0 Å². The third kappa shape index (κ3) is 6.38. The van der Waals surface area contributed by atoms with Gasteiger partial charge in [-0.3, -0.25) is 14.5 Å². The van der Waals surface area contributed by atoms with Gasteiger partial charge in [0.25, 0.3) is 0 Å². The van der Waals surface area contributed by atoms with E-state index in [0.29, 0.717) is 44.4 Å². The van der Waals surface area contributed by atoms with E-state index in [0.717, 1.165) is 50.9 Å². The summed E-state index contributed by atoms with van der Waals surface area (Å²) >= 11 is 0. The van der Waals surface area contributed by atoms with Gasteiger partial charge in [-0.05, 0) is 35.4 Å². The van der Waals surface area contributed by atoms with Crippen molar-refractivity contribution < 1.29 is 19.5 Å². The molecule has 41 heavy (non-hydrogen) atoms. The van der Waals surface area contributed by atoms with E-state index in [9.17, 15) is 14.4 Å². The van der Waals surface area contributed by atoms with Crippen LogP contribution in [0.25, 0.3) is 21.8 Å². The van der Waals surface area contributed by atoms with Gasteiger partial charge in [0.2, 0.25) is 11.8 Å². The Bertz CT molecular complexity index is 1610. The number of nitrogens with one attached hydrogen (secondary N) is 1. The molecule has 2 saturated heterocycles. The number of carbonyl (C=O) groups is 3. The topological polar surface area (TPSA) is 197 Å². The maximum atomic E-state index is 12.0. The van der Waals surface area contributed by atoms with Crippen LogP contribution in [0.15, 0.2) is 49.1 Å². The molecule has 2 fully saturated rings. The minimum absolute atomic E-state index is 0.0992. The highest BCUT2D eigenvalue weighted by Gasteiger charge is 2.26. The Kier molecular flexibility index (Phi) is 8.01. The van der Waals surface area contributed by atoms with Crippen molar-refractivity contribution in [3.63, 3.8) is 0 Å². The quantitative estimate of drug-likeness (QED) is 0.275. The summed E-state index contributed by atoms with van der Waals surface area (Å²) in [7, 11) is 0. The second-order valence-corrected chi connectivity index (χ2v) is 9.73. The van der Waals surface area contributed by atoms with Gasteiger partial charge in [-0.25, -0.2) is 24.7 Å². The number of benzene rings is 2. The fourth-order valence-corrected chi connectivity index (χ4v) is 4.74. The molecule has 6 N–H and O–H groups in total. The largest absolute Gasteiger partial charge is 0.465 e. The second kappa shape index (κ2) is 12.0. The number of anilines is 2. The van der Waals surface area contributed by atoms with Crippen LogP contribution in [-0.4, -0.2) is 96.9 Å². The van der Waals surface area contributed by atoms with Crippen molar-refractivity contribution in [2.24, 2.45) is 0 Å². The summed E-state index contributed by atoms with van der Waals surface area (Å²) in [5.41, 5.74) is 15.1. The molecule has 0 spiro atoms. The summed E-state index contributed by atoms with van der Waals surface area (Å²) in [6, 6.07) is 11.4. The zero-order valence-corrected chi connectivity index (χ0v) is 22.2. The van der Waals surface area contributed by atoms with Gasteiger partial charge in [0.15, 0.2) is 0 Å². The zero-order chi connectivity index (χ0) is 28.9. The molecule has 2 aromatic heterocycles. The number of aromatic nitrogens is 4. The monoisotopic (exact) mass is 558 g/mol. The first kappa shape index (κ1) is 27.5. The van der Waals surface area contributed by atoms with Crippen molar-refractivity contribution in [2.45, 2.75) is 13.1 Å². The molecule has 3 amide bonds. The number of piperazine rings is 2. The number of hydrogen-bond donors (Lipinski definition) is 4. The SMILES string of the molecule is Nc1ncnc2cc(CN3CCN(C(=O)O)CC3=O)ccc12.Nc1ncnc2cc(CN3CCNCC3=O)ccc12. The van der Waals surface area contributed by atoms with Crippen molar-refractivity contribution >= 4 is 51.3 Å². The van der Waals surface area contributed by atoms with Crippen LogP contribution in [0, 0.1) is 0 Å². The summed E-state index contributed by atoms with van der Waals surface area (Å²) in [5, 5.41) is 13.6. The van der Waals surface area contributed by atoms with Crippen LogP contribution < -0.4 is 16.8 Å². The Morgan fingerprint density at radius 3 is 1.88 bits per heavy atom. The predicted octanol–water partition coefficient (Wildman–Crippen LogP) is 0.678. The molecular weight excluding hydrogens is 528 g/mol. The van der Waals surface area contributed by atoms with Gasteiger partial charge in [0, 0.05) is 50.0 Å². The first-order valence-corrected chi connectivity index (χ1v) is 13.0. The summed E-state index contributed by atoms with van der Waals surface area (Å²) in [6.07, 6.45) is 1.79. The normalized spacial score (nSPS) is 15.7. The Labute approximate surface area is 235 Å². The number of rotatable bonds is 4. The van der Waals surface area contributed by atoms with Gasteiger partial charge < -0.3 is 31.7 Å². The average Bonchev–Trinajstić information content (AvgIpc) is 2.96. The van der Waals surface area contributed by atoms with Crippen molar-refractivity contribution in [1.82, 2.24) is 40.0 Å². The highest BCUT2D eigenvalue weighted by molar-refractivity contribution is 5.89. The summed E-state index contributed by atoms with van der Waals surface area (Å²) in [6.45, 7) is 3.64. The molecule has 14 nitrogen and oxygen atoms in total.